The lowest BCUT2D eigenvalue weighted by Crippen LogP contribution is -2.42. The van der Waals surface area contributed by atoms with E-state index in [4.69, 9.17) is 0 Å². The first-order valence-corrected chi connectivity index (χ1v) is 11.3. The Kier molecular flexibility index (Phi) is 4.44. The summed E-state index contributed by atoms with van der Waals surface area (Å²) >= 11 is 0. The molecule has 172 valence electrons. The number of hydrogen-bond acceptors (Lipinski definition) is 4. The Bertz CT molecular complexity index is 1370. The Morgan fingerprint density at radius 1 is 0.588 bits per heavy atom. The minimum atomic E-state index is -0.531. The van der Waals surface area contributed by atoms with Crippen LogP contribution in [0.4, 0.5) is 5.69 Å². The van der Waals surface area contributed by atoms with Crippen LogP contribution in [0.5, 0.6) is 0 Å². The van der Waals surface area contributed by atoms with Crippen molar-refractivity contribution in [3.05, 3.63) is 75.8 Å². The van der Waals surface area contributed by atoms with Crippen LogP contribution in [0.3, 0.4) is 0 Å². The number of nitrogens with one attached hydrogen (secondary N) is 1. The van der Waals surface area contributed by atoms with Crippen LogP contribution in [0, 0.1) is 0 Å². The van der Waals surface area contributed by atoms with Crippen molar-refractivity contribution in [3.63, 3.8) is 0 Å². The standard InChI is InChI=1S/C28H26N2O4/c1-27(2,3)14-11-15(28(4,5)6)13-16(12-14)30-25(33)19-9-7-17-21-18(24(32)29-23(17)31)8-10-20(22(19)21)26(30)34/h7-13H,1-6H3,(H,29,31,32). The predicted octanol–water partition coefficient (Wildman–Crippen LogP) is 5.12. The number of rotatable bonds is 1. The van der Waals surface area contributed by atoms with Gasteiger partial charge in [-0.3, -0.25) is 24.5 Å². The summed E-state index contributed by atoms with van der Waals surface area (Å²) in [6.45, 7) is 12.6. The monoisotopic (exact) mass is 454 g/mol. The van der Waals surface area contributed by atoms with Gasteiger partial charge in [-0.2, -0.15) is 0 Å². The fraction of sp³-hybridized carbons (Fsp3) is 0.286. The first-order valence-electron chi connectivity index (χ1n) is 11.3. The molecule has 3 aromatic rings. The highest BCUT2D eigenvalue weighted by Crippen LogP contribution is 2.39. The van der Waals surface area contributed by atoms with Gasteiger partial charge in [0.05, 0.1) is 5.69 Å². The van der Waals surface area contributed by atoms with E-state index in [1.165, 1.54) is 4.90 Å². The van der Waals surface area contributed by atoms with Crippen molar-refractivity contribution < 1.29 is 19.2 Å². The summed E-state index contributed by atoms with van der Waals surface area (Å²) in [4.78, 5) is 53.5. The predicted molar refractivity (Wildman–Crippen MR) is 131 cm³/mol. The summed E-state index contributed by atoms with van der Waals surface area (Å²) in [7, 11) is 0. The fourth-order valence-corrected chi connectivity index (χ4v) is 4.64. The minimum absolute atomic E-state index is 0.190. The van der Waals surface area contributed by atoms with Crippen molar-refractivity contribution in [2.45, 2.75) is 52.4 Å². The van der Waals surface area contributed by atoms with Crippen molar-refractivity contribution in [2.75, 3.05) is 4.90 Å². The van der Waals surface area contributed by atoms with Gasteiger partial charge in [0.2, 0.25) is 0 Å². The fourth-order valence-electron chi connectivity index (χ4n) is 4.64. The van der Waals surface area contributed by atoms with Gasteiger partial charge in [0.15, 0.2) is 0 Å². The average Bonchev–Trinajstić information content (AvgIpc) is 2.74. The third kappa shape index (κ3) is 3.09. The van der Waals surface area contributed by atoms with E-state index in [1.807, 2.05) is 12.1 Å². The van der Waals surface area contributed by atoms with Crippen LogP contribution in [0.25, 0.3) is 10.8 Å². The Hall–Kier alpha value is -3.80. The van der Waals surface area contributed by atoms with Crippen molar-refractivity contribution in [1.82, 2.24) is 5.32 Å². The maximum atomic E-state index is 13.7. The summed E-state index contributed by atoms with van der Waals surface area (Å²) in [5.41, 5.74) is 3.35. The van der Waals surface area contributed by atoms with E-state index in [9.17, 15) is 19.2 Å². The van der Waals surface area contributed by atoms with Crippen LogP contribution in [-0.4, -0.2) is 23.6 Å². The summed E-state index contributed by atoms with van der Waals surface area (Å²) in [6, 6.07) is 12.2. The third-order valence-corrected chi connectivity index (χ3v) is 6.65. The van der Waals surface area contributed by atoms with Crippen molar-refractivity contribution in [3.8, 4) is 0 Å². The van der Waals surface area contributed by atoms with E-state index < -0.39 is 23.6 Å². The summed E-state index contributed by atoms with van der Waals surface area (Å²) in [5, 5.41) is 3.04. The first kappa shape index (κ1) is 22.0. The van der Waals surface area contributed by atoms with Crippen molar-refractivity contribution in [1.29, 1.82) is 0 Å². The largest absolute Gasteiger partial charge is 0.288 e. The van der Waals surface area contributed by atoms with Gasteiger partial charge in [-0.05, 0) is 58.4 Å². The molecular formula is C28H26N2O4. The Balaban J connectivity index is 1.77. The lowest BCUT2D eigenvalue weighted by Gasteiger charge is -2.32. The number of hydrogen-bond donors (Lipinski definition) is 1. The zero-order valence-electron chi connectivity index (χ0n) is 20.1. The lowest BCUT2D eigenvalue weighted by molar-refractivity contribution is 0.0837. The second-order valence-corrected chi connectivity index (χ2v) is 11.1. The quantitative estimate of drug-likeness (QED) is 0.518. The van der Waals surface area contributed by atoms with E-state index in [1.54, 1.807) is 24.3 Å². The molecule has 0 spiro atoms. The first-order chi connectivity index (χ1) is 15.8. The van der Waals surface area contributed by atoms with Crippen LogP contribution >= 0.6 is 0 Å². The molecule has 4 amide bonds. The number of nitrogens with zero attached hydrogens (tertiary/aromatic N) is 1. The van der Waals surface area contributed by atoms with Crippen LogP contribution in [0.2, 0.25) is 0 Å². The number of carbonyl (C=O) groups is 4. The molecule has 2 heterocycles. The lowest BCUT2D eigenvalue weighted by atomic mass is 9.80. The van der Waals surface area contributed by atoms with Gasteiger partial charge in [-0.25, -0.2) is 4.90 Å². The molecule has 0 fully saturated rings. The van der Waals surface area contributed by atoms with Gasteiger partial charge < -0.3 is 0 Å². The summed E-state index contributed by atoms with van der Waals surface area (Å²) in [6.07, 6.45) is 0. The number of carbonyl (C=O) groups excluding carboxylic acids is 4. The zero-order chi connectivity index (χ0) is 24.7. The summed E-state index contributed by atoms with van der Waals surface area (Å²) in [5.74, 6) is -2.00. The molecule has 6 nitrogen and oxygen atoms in total. The van der Waals surface area contributed by atoms with Crippen LogP contribution in [0.15, 0.2) is 42.5 Å². The van der Waals surface area contributed by atoms with Gasteiger partial charge >= 0.3 is 0 Å². The Morgan fingerprint density at radius 3 is 1.38 bits per heavy atom. The van der Waals surface area contributed by atoms with E-state index in [0.29, 0.717) is 27.6 Å². The molecule has 0 unspecified atom stereocenters. The molecule has 0 atom stereocenters. The molecule has 2 aliphatic heterocycles. The van der Waals surface area contributed by atoms with Gasteiger partial charge in [-0.1, -0.05) is 47.6 Å². The number of amides is 4. The van der Waals surface area contributed by atoms with Crippen molar-refractivity contribution >= 4 is 40.1 Å². The number of anilines is 1. The second-order valence-electron chi connectivity index (χ2n) is 11.1. The highest BCUT2D eigenvalue weighted by molar-refractivity contribution is 6.39. The number of imide groups is 2. The molecular weight excluding hydrogens is 428 g/mol. The normalized spacial score (nSPS) is 15.8. The van der Waals surface area contributed by atoms with Gasteiger partial charge in [0, 0.05) is 33.0 Å². The molecule has 0 aliphatic carbocycles. The van der Waals surface area contributed by atoms with Gasteiger partial charge in [-0.15, -0.1) is 0 Å². The van der Waals surface area contributed by atoms with Gasteiger partial charge in [0.25, 0.3) is 23.6 Å². The number of benzene rings is 3. The molecule has 0 saturated heterocycles. The third-order valence-electron chi connectivity index (χ3n) is 6.65. The molecule has 2 aliphatic rings. The maximum Gasteiger partial charge on any atom is 0.265 e. The summed E-state index contributed by atoms with van der Waals surface area (Å²) < 4.78 is 0. The van der Waals surface area contributed by atoms with E-state index in [2.05, 4.69) is 52.9 Å². The van der Waals surface area contributed by atoms with Crippen LogP contribution < -0.4 is 10.2 Å². The Morgan fingerprint density at radius 2 is 0.971 bits per heavy atom. The molecule has 6 heteroatoms. The van der Waals surface area contributed by atoms with Crippen molar-refractivity contribution in [2.24, 2.45) is 0 Å². The molecule has 0 radical (unpaired) electrons. The topological polar surface area (TPSA) is 83.6 Å². The second kappa shape index (κ2) is 6.86. The smallest absolute Gasteiger partial charge is 0.265 e. The van der Waals surface area contributed by atoms with Gasteiger partial charge in [0.1, 0.15) is 0 Å². The highest BCUT2D eigenvalue weighted by atomic mass is 16.2. The molecule has 5 rings (SSSR count). The maximum absolute atomic E-state index is 13.7. The molecule has 34 heavy (non-hydrogen) atoms. The highest BCUT2D eigenvalue weighted by Gasteiger charge is 2.38. The molecule has 0 aromatic heterocycles. The SMILES string of the molecule is CC(C)(C)c1cc(N2C(=O)c3ccc4c5c(ccc(c35)C2=O)C(=O)NC4=O)cc(C(C)(C)C)c1. The van der Waals surface area contributed by atoms with E-state index in [-0.39, 0.29) is 22.0 Å². The van der Waals surface area contributed by atoms with E-state index in [0.717, 1.165) is 11.1 Å². The Labute approximate surface area is 197 Å². The average molecular weight is 455 g/mol. The molecule has 0 saturated carbocycles. The zero-order valence-corrected chi connectivity index (χ0v) is 20.1. The minimum Gasteiger partial charge on any atom is -0.288 e. The van der Waals surface area contributed by atoms with E-state index >= 15 is 0 Å². The van der Waals surface area contributed by atoms with Crippen LogP contribution in [0.1, 0.15) is 94.1 Å². The van der Waals surface area contributed by atoms with Crippen LogP contribution in [-0.2, 0) is 10.8 Å². The molecule has 3 aromatic carbocycles. The molecule has 0 bridgehead atoms. The molecule has 1 N–H and O–H groups in total.